The van der Waals surface area contributed by atoms with Crippen LogP contribution in [-0.2, 0) is 6.54 Å². The zero-order chi connectivity index (χ0) is 20.2. The van der Waals surface area contributed by atoms with Crippen molar-refractivity contribution < 1.29 is 4.74 Å². The average Bonchev–Trinajstić information content (AvgIpc) is 2.76. The summed E-state index contributed by atoms with van der Waals surface area (Å²) < 4.78 is 5.66. The van der Waals surface area contributed by atoms with Crippen molar-refractivity contribution in [3.63, 3.8) is 0 Å². The molecular formula is C23H33N5O. The van der Waals surface area contributed by atoms with Crippen molar-refractivity contribution in [3.8, 4) is 5.75 Å². The second-order valence-electron chi connectivity index (χ2n) is 8.54. The van der Waals surface area contributed by atoms with Gasteiger partial charge >= 0.3 is 0 Å². The molecule has 2 saturated heterocycles. The zero-order valence-electron chi connectivity index (χ0n) is 17.9. The van der Waals surface area contributed by atoms with Crippen LogP contribution < -0.4 is 9.64 Å². The number of nitrogens with zero attached hydrogens (tertiary/aromatic N) is 5. The molecule has 6 heteroatoms. The van der Waals surface area contributed by atoms with Gasteiger partial charge in [0.1, 0.15) is 5.75 Å². The lowest BCUT2D eigenvalue weighted by Crippen LogP contribution is -2.45. The van der Waals surface area contributed by atoms with Gasteiger partial charge in [-0.15, -0.1) is 0 Å². The van der Waals surface area contributed by atoms with Crippen LogP contribution in [0.1, 0.15) is 36.9 Å². The predicted molar refractivity (Wildman–Crippen MR) is 116 cm³/mol. The van der Waals surface area contributed by atoms with Crippen LogP contribution in [0.25, 0.3) is 0 Å². The lowest BCUT2D eigenvalue weighted by molar-refractivity contribution is 0.108. The number of likely N-dealkylation sites (N-methyl/N-ethyl adjacent to an activating group) is 1. The van der Waals surface area contributed by atoms with E-state index in [4.69, 9.17) is 4.74 Å². The maximum absolute atomic E-state index is 5.66. The quantitative estimate of drug-likeness (QED) is 0.775. The van der Waals surface area contributed by atoms with Gasteiger partial charge in [-0.25, -0.2) is 9.97 Å². The van der Waals surface area contributed by atoms with E-state index in [2.05, 4.69) is 56.8 Å². The third-order valence-corrected chi connectivity index (χ3v) is 6.34. The highest BCUT2D eigenvalue weighted by molar-refractivity contribution is 5.36. The Morgan fingerprint density at radius 2 is 1.76 bits per heavy atom. The Balaban J connectivity index is 1.48. The third-order valence-electron chi connectivity index (χ3n) is 6.34. The van der Waals surface area contributed by atoms with Crippen LogP contribution in [0.5, 0.6) is 5.75 Å². The molecule has 1 aromatic heterocycles. The number of likely N-dealkylation sites (tertiary alicyclic amines) is 1. The fourth-order valence-corrected chi connectivity index (χ4v) is 4.48. The van der Waals surface area contributed by atoms with Crippen molar-refractivity contribution >= 4 is 5.95 Å². The monoisotopic (exact) mass is 395 g/mol. The van der Waals surface area contributed by atoms with Crippen LogP contribution in [0.15, 0.2) is 36.7 Å². The zero-order valence-corrected chi connectivity index (χ0v) is 17.9. The maximum Gasteiger partial charge on any atom is 0.225 e. The van der Waals surface area contributed by atoms with Gasteiger partial charge in [0.15, 0.2) is 0 Å². The first kappa shape index (κ1) is 20.1. The first-order chi connectivity index (χ1) is 14.1. The molecule has 0 saturated carbocycles. The Labute approximate surface area is 174 Å². The molecule has 0 aliphatic carbocycles. The van der Waals surface area contributed by atoms with E-state index < -0.39 is 0 Å². The van der Waals surface area contributed by atoms with Gasteiger partial charge in [-0.3, -0.25) is 4.90 Å². The van der Waals surface area contributed by atoms with Crippen molar-refractivity contribution in [2.24, 2.45) is 5.92 Å². The minimum Gasteiger partial charge on any atom is -0.496 e. The molecule has 6 nitrogen and oxygen atoms in total. The third kappa shape index (κ3) is 4.70. The van der Waals surface area contributed by atoms with Crippen molar-refractivity contribution in [1.29, 1.82) is 0 Å². The lowest BCUT2D eigenvalue weighted by Gasteiger charge is -2.39. The molecule has 2 aromatic rings. The van der Waals surface area contributed by atoms with Gasteiger partial charge in [-0.2, -0.15) is 0 Å². The van der Waals surface area contributed by atoms with Crippen LogP contribution in [0.4, 0.5) is 5.95 Å². The Morgan fingerprint density at radius 3 is 2.48 bits per heavy atom. The van der Waals surface area contributed by atoms with Gasteiger partial charge in [0.05, 0.1) is 7.11 Å². The molecule has 1 aromatic carbocycles. The molecule has 2 atom stereocenters. The fourth-order valence-electron chi connectivity index (χ4n) is 4.48. The van der Waals surface area contributed by atoms with Crippen molar-refractivity contribution in [2.45, 2.75) is 32.4 Å². The summed E-state index contributed by atoms with van der Waals surface area (Å²) in [5, 5.41) is 0. The number of ether oxygens (including phenoxy) is 1. The Morgan fingerprint density at radius 1 is 1.03 bits per heavy atom. The normalized spacial score (nSPS) is 23.9. The van der Waals surface area contributed by atoms with Gasteiger partial charge in [0.25, 0.3) is 0 Å². The van der Waals surface area contributed by atoms with Crippen LogP contribution in [0.3, 0.4) is 0 Å². The molecule has 0 bridgehead atoms. The molecule has 2 fully saturated rings. The summed E-state index contributed by atoms with van der Waals surface area (Å²) >= 11 is 0. The molecule has 156 valence electrons. The number of piperidine rings is 1. The van der Waals surface area contributed by atoms with Crippen molar-refractivity contribution in [2.75, 3.05) is 51.8 Å². The molecule has 2 aliphatic heterocycles. The van der Waals surface area contributed by atoms with Crippen LogP contribution in [0.2, 0.25) is 0 Å². The lowest BCUT2D eigenvalue weighted by atomic mass is 9.87. The number of anilines is 1. The molecule has 0 N–H and O–H groups in total. The van der Waals surface area contributed by atoms with Crippen LogP contribution in [-0.4, -0.2) is 66.6 Å². The minimum absolute atomic E-state index is 0.368. The number of benzene rings is 1. The SMILES string of the molecule is COc1ccccc1[C@H]1C[C@@H](C)CCN1Cc1cnc(N2CCN(C)CC2)nc1. The largest absolute Gasteiger partial charge is 0.496 e. The van der Waals surface area contributed by atoms with E-state index in [1.54, 1.807) is 7.11 Å². The summed E-state index contributed by atoms with van der Waals surface area (Å²) in [4.78, 5) is 16.6. The first-order valence-electron chi connectivity index (χ1n) is 10.8. The number of methoxy groups -OCH3 is 1. The van der Waals surface area contributed by atoms with E-state index in [0.717, 1.165) is 63.3 Å². The van der Waals surface area contributed by atoms with Gasteiger partial charge in [-0.1, -0.05) is 25.1 Å². The highest BCUT2D eigenvalue weighted by atomic mass is 16.5. The first-order valence-corrected chi connectivity index (χ1v) is 10.8. The average molecular weight is 396 g/mol. The topological polar surface area (TPSA) is 44.7 Å². The standard InChI is InChI=1S/C23H33N5O/c1-18-8-9-28(21(14-18)20-6-4-5-7-22(20)29-3)17-19-15-24-23(25-16-19)27-12-10-26(2)11-13-27/h4-7,15-16,18,21H,8-14,17H2,1-3H3/t18-,21+/m0/s1. The molecule has 0 spiro atoms. The van der Waals surface area contributed by atoms with E-state index in [1.807, 2.05) is 18.5 Å². The number of hydrogen-bond acceptors (Lipinski definition) is 6. The molecule has 4 rings (SSSR count). The van der Waals surface area contributed by atoms with Crippen molar-refractivity contribution in [1.82, 2.24) is 19.8 Å². The Kier molecular flexibility index (Phi) is 6.31. The molecule has 0 unspecified atom stereocenters. The number of piperazine rings is 1. The van der Waals surface area contributed by atoms with Gasteiger partial charge in [0.2, 0.25) is 5.95 Å². The maximum atomic E-state index is 5.66. The number of para-hydroxylation sites is 1. The summed E-state index contributed by atoms with van der Waals surface area (Å²) in [5.41, 5.74) is 2.47. The molecular weight excluding hydrogens is 362 g/mol. The Bertz CT molecular complexity index is 788. The summed E-state index contributed by atoms with van der Waals surface area (Å²) in [6.45, 7) is 8.44. The molecule has 0 radical (unpaired) electrons. The second kappa shape index (κ2) is 9.09. The van der Waals surface area contributed by atoms with Crippen molar-refractivity contribution in [3.05, 3.63) is 47.8 Å². The highest BCUT2D eigenvalue weighted by Crippen LogP contribution is 2.38. The predicted octanol–water partition coefficient (Wildman–Crippen LogP) is 3.21. The van der Waals surface area contributed by atoms with E-state index in [1.165, 1.54) is 17.5 Å². The molecule has 0 amide bonds. The number of rotatable bonds is 5. The summed E-state index contributed by atoms with van der Waals surface area (Å²) in [6.07, 6.45) is 6.41. The van der Waals surface area contributed by atoms with E-state index >= 15 is 0 Å². The molecule has 3 heterocycles. The Hall–Kier alpha value is -2.18. The number of hydrogen-bond donors (Lipinski definition) is 0. The minimum atomic E-state index is 0.368. The van der Waals surface area contributed by atoms with E-state index in [-0.39, 0.29) is 0 Å². The van der Waals surface area contributed by atoms with E-state index in [9.17, 15) is 0 Å². The molecule has 29 heavy (non-hydrogen) atoms. The van der Waals surface area contributed by atoms with Crippen LogP contribution in [0, 0.1) is 5.92 Å². The summed E-state index contributed by atoms with van der Waals surface area (Å²) in [7, 11) is 3.93. The van der Waals surface area contributed by atoms with Gasteiger partial charge in [-0.05, 0) is 38.4 Å². The number of aromatic nitrogens is 2. The van der Waals surface area contributed by atoms with Crippen LogP contribution >= 0.6 is 0 Å². The fraction of sp³-hybridized carbons (Fsp3) is 0.565. The smallest absolute Gasteiger partial charge is 0.225 e. The highest BCUT2D eigenvalue weighted by Gasteiger charge is 2.29. The van der Waals surface area contributed by atoms with E-state index in [0.29, 0.717) is 6.04 Å². The van der Waals surface area contributed by atoms with Gasteiger partial charge in [0, 0.05) is 62.3 Å². The summed E-state index contributed by atoms with van der Waals surface area (Å²) in [6, 6.07) is 8.81. The van der Waals surface area contributed by atoms with Gasteiger partial charge < -0.3 is 14.5 Å². The molecule has 2 aliphatic rings. The second-order valence-corrected chi connectivity index (χ2v) is 8.54. The summed E-state index contributed by atoms with van der Waals surface area (Å²) in [5.74, 6) is 2.56.